The van der Waals surface area contributed by atoms with Gasteiger partial charge in [0.05, 0.1) is 22.1 Å². The van der Waals surface area contributed by atoms with Crippen LogP contribution in [-0.2, 0) is 16.2 Å². The third kappa shape index (κ3) is 3.50. The fourth-order valence-electron chi connectivity index (χ4n) is 1.44. The molecule has 1 heterocycles. The van der Waals surface area contributed by atoms with Crippen LogP contribution in [0, 0.1) is 11.3 Å². The fourth-order valence-corrected chi connectivity index (χ4v) is 2.44. The van der Waals surface area contributed by atoms with E-state index in [0.29, 0.717) is 12.4 Å². The van der Waals surface area contributed by atoms with E-state index in [4.69, 9.17) is 5.26 Å². The lowest BCUT2D eigenvalue weighted by atomic mass is 10.2. The summed E-state index contributed by atoms with van der Waals surface area (Å²) in [5.74, 6) is -0.504. The largest absolute Gasteiger partial charge is 0.419 e. The molecule has 22 heavy (non-hydrogen) atoms. The van der Waals surface area contributed by atoms with E-state index in [2.05, 4.69) is 9.97 Å². The first-order valence-electron chi connectivity index (χ1n) is 5.64. The molecule has 10 heteroatoms. The summed E-state index contributed by atoms with van der Waals surface area (Å²) in [5, 5.41) is 8.73. The van der Waals surface area contributed by atoms with Gasteiger partial charge < -0.3 is 0 Å². The minimum absolute atomic E-state index is 0.121. The Kier molecular flexibility index (Phi) is 4.01. The topological polar surface area (TPSA) is 95.7 Å². The molecule has 0 saturated carbocycles. The van der Waals surface area contributed by atoms with Crippen molar-refractivity contribution < 1.29 is 21.6 Å². The van der Waals surface area contributed by atoms with E-state index in [1.165, 1.54) is 18.2 Å². The van der Waals surface area contributed by atoms with Gasteiger partial charge in [0, 0.05) is 12.4 Å². The predicted molar refractivity (Wildman–Crippen MR) is 69.0 cm³/mol. The van der Waals surface area contributed by atoms with Crippen LogP contribution in [0.3, 0.4) is 0 Å². The molecule has 1 aromatic carbocycles. The lowest BCUT2D eigenvalue weighted by Crippen LogP contribution is -2.16. The van der Waals surface area contributed by atoms with Gasteiger partial charge in [0.2, 0.25) is 5.95 Å². The van der Waals surface area contributed by atoms with Gasteiger partial charge in [0.25, 0.3) is 10.0 Å². The van der Waals surface area contributed by atoms with E-state index < -0.39 is 27.7 Å². The second kappa shape index (κ2) is 5.61. The number of nitrogens with one attached hydrogen (secondary N) is 1. The third-order valence-corrected chi connectivity index (χ3v) is 3.80. The molecule has 0 amide bonds. The van der Waals surface area contributed by atoms with Gasteiger partial charge in [-0.3, -0.25) is 0 Å². The van der Waals surface area contributed by atoms with E-state index in [1.54, 1.807) is 6.07 Å². The van der Waals surface area contributed by atoms with Crippen molar-refractivity contribution in [2.24, 2.45) is 0 Å². The van der Waals surface area contributed by atoms with Crippen LogP contribution < -0.4 is 4.72 Å². The Morgan fingerprint density at radius 2 is 1.82 bits per heavy atom. The van der Waals surface area contributed by atoms with Crippen LogP contribution >= 0.6 is 0 Å². The Morgan fingerprint density at radius 1 is 1.18 bits per heavy atom. The number of nitrogens with zero attached hydrogens (tertiary/aromatic N) is 3. The molecule has 0 unspecified atom stereocenters. The highest BCUT2D eigenvalue weighted by atomic mass is 32.2. The summed E-state index contributed by atoms with van der Waals surface area (Å²) in [6.45, 7) is 0. The summed E-state index contributed by atoms with van der Waals surface area (Å²) in [6.07, 6.45) is -3.67. The molecule has 0 atom stereocenters. The molecule has 1 aromatic heterocycles. The van der Waals surface area contributed by atoms with Gasteiger partial charge in [-0.05, 0) is 18.2 Å². The van der Waals surface area contributed by atoms with Crippen molar-refractivity contribution in [3.63, 3.8) is 0 Å². The smallest absolute Gasteiger partial charge is 0.247 e. The Bertz CT molecular complexity index is 827. The van der Waals surface area contributed by atoms with Gasteiger partial charge in [-0.2, -0.15) is 18.4 Å². The van der Waals surface area contributed by atoms with Crippen LogP contribution in [0.2, 0.25) is 0 Å². The fraction of sp³-hybridized carbons (Fsp3) is 0.0833. The number of sulfonamides is 1. The minimum atomic E-state index is -4.61. The number of rotatable bonds is 3. The molecule has 0 saturated heterocycles. The quantitative estimate of drug-likeness (QED) is 0.931. The van der Waals surface area contributed by atoms with Crippen molar-refractivity contribution >= 4 is 16.0 Å². The van der Waals surface area contributed by atoms with Gasteiger partial charge in [-0.1, -0.05) is 6.07 Å². The van der Waals surface area contributed by atoms with Crippen LogP contribution in [0.15, 0.2) is 41.6 Å². The van der Waals surface area contributed by atoms with Crippen LogP contribution in [0.25, 0.3) is 0 Å². The number of aromatic nitrogens is 2. The van der Waals surface area contributed by atoms with Crippen molar-refractivity contribution in [3.8, 4) is 6.07 Å². The summed E-state index contributed by atoms with van der Waals surface area (Å²) in [4.78, 5) is 6.40. The number of hydrogen-bond donors (Lipinski definition) is 1. The molecule has 0 bridgehead atoms. The summed E-state index contributed by atoms with van der Waals surface area (Å²) in [6, 6.07) is 6.90. The molecule has 0 aliphatic carbocycles. The van der Waals surface area contributed by atoms with Gasteiger partial charge in [-0.15, -0.1) is 0 Å². The molecule has 0 aliphatic heterocycles. The number of hydrogen-bond acceptors (Lipinski definition) is 5. The van der Waals surface area contributed by atoms with Crippen molar-refractivity contribution in [2.75, 3.05) is 4.72 Å². The molecule has 0 spiro atoms. The SMILES string of the molecule is N#Cc1cccc(S(=O)(=O)Nc2ncc(C(F)(F)F)cn2)c1. The van der Waals surface area contributed by atoms with Crippen molar-refractivity contribution in [3.05, 3.63) is 47.8 Å². The van der Waals surface area contributed by atoms with Crippen molar-refractivity contribution in [1.29, 1.82) is 5.26 Å². The lowest BCUT2D eigenvalue weighted by molar-refractivity contribution is -0.138. The Morgan fingerprint density at radius 3 is 2.36 bits per heavy atom. The van der Waals surface area contributed by atoms with E-state index >= 15 is 0 Å². The van der Waals surface area contributed by atoms with Crippen LogP contribution in [-0.4, -0.2) is 18.4 Å². The average Bonchev–Trinajstić information content (AvgIpc) is 2.46. The zero-order valence-corrected chi connectivity index (χ0v) is 11.5. The Balaban J connectivity index is 2.27. The number of alkyl halides is 3. The van der Waals surface area contributed by atoms with E-state index in [9.17, 15) is 21.6 Å². The second-order valence-corrected chi connectivity index (χ2v) is 5.72. The molecule has 0 radical (unpaired) electrons. The molecule has 2 rings (SSSR count). The zero-order valence-electron chi connectivity index (χ0n) is 10.7. The van der Waals surface area contributed by atoms with Gasteiger partial charge in [0.15, 0.2) is 0 Å². The highest BCUT2D eigenvalue weighted by Gasteiger charge is 2.31. The predicted octanol–water partition coefficient (Wildman–Crippen LogP) is 2.17. The summed E-state index contributed by atoms with van der Waals surface area (Å²) in [5.41, 5.74) is -0.974. The summed E-state index contributed by atoms with van der Waals surface area (Å²) >= 11 is 0. The standard InChI is InChI=1S/C12H7F3N4O2S/c13-12(14,15)9-6-17-11(18-7-9)19-22(20,21)10-3-1-2-8(4-10)5-16/h1-4,6-7H,(H,17,18,19). The van der Waals surface area contributed by atoms with E-state index in [0.717, 1.165) is 6.07 Å². The first-order valence-corrected chi connectivity index (χ1v) is 7.13. The van der Waals surface area contributed by atoms with Gasteiger partial charge in [0.1, 0.15) is 0 Å². The molecular formula is C12H7F3N4O2S. The summed E-state index contributed by atoms with van der Waals surface area (Å²) < 4.78 is 63.1. The minimum Gasteiger partial charge on any atom is -0.247 e. The maximum Gasteiger partial charge on any atom is 0.419 e. The highest BCUT2D eigenvalue weighted by molar-refractivity contribution is 7.92. The molecular weight excluding hydrogens is 321 g/mol. The maximum atomic E-state index is 12.4. The molecule has 2 aromatic rings. The Hall–Kier alpha value is -2.67. The van der Waals surface area contributed by atoms with Crippen LogP contribution in [0.4, 0.5) is 19.1 Å². The maximum absolute atomic E-state index is 12.4. The average molecular weight is 328 g/mol. The van der Waals surface area contributed by atoms with Crippen LogP contribution in [0.1, 0.15) is 11.1 Å². The number of benzene rings is 1. The normalized spacial score (nSPS) is 11.7. The zero-order chi connectivity index (χ0) is 16.4. The molecule has 114 valence electrons. The third-order valence-electron chi connectivity index (χ3n) is 2.48. The van der Waals surface area contributed by atoms with Gasteiger partial charge in [-0.25, -0.2) is 23.1 Å². The lowest BCUT2D eigenvalue weighted by Gasteiger charge is -2.08. The first kappa shape index (κ1) is 15.7. The molecule has 6 nitrogen and oxygen atoms in total. The van der Waals surface area contributed by atoms with Crippen molar-refractivity contribution in [1.82, 2.24) is 9.97 Å². The van der Waals surface area contributed by atoms with E-state index in [1.807, 2.05) is 4.72 Å². The highest BCUT2D eigenvalue weighted by Crippen LogP contribution is 2.28. The molecule has 1 N–H and O–H groups in total. The Labute approximate surface area is 123 Å². The number of halogens is 3. The second-order valence-electron chi connectivity index (χ2n) is 4.04. The number of nitriles is 1. The van der Waals surface area contributed by atoms with Crippen LogP contribution in [0.5, 0.6) is 0 Å². The molecule has 0 aliphatic rings. The van der Waals surface area contributed by atoms with Gasteiger partial charge >= 0.3 is 6.18 Å². The molecule has 0 fully saturated rings. The van der Waals surface area contributed by atoms with E-state index in [-0.39, 0.29) is 10.5 Å². The first-order chi connectivity index (χ1) is 10.2. The number of anilines is 1. The summed E-state index contributed by atoms with van der Waals surface area (Å²) in [7, 11) is -4.10. The monoisotopic (exact) mass is 328 g/mol. The van der Waals surface area contributed by atoms with Crippen molar-refractivity contribution in [2.45, 2.75) is 11.1 Å².